The van der Waals surface area contributed by atoms with E-state index in [1.54, 1.807) is 22.6 Å². The van der Waals surface area contributed by atoms with Crippen molar-refractivity contribution in [1.29, 1.82) is 0 Å². The molecule has 1 unspecified atom stereocenters. The largest absolute Gasteiger partial charge is 0.369 e. The maximum atomic E-state index is 12.8. The third-order valence-electron chi connectivity index (χ3n) is 3.66. The van der Waals surface area contributed by atoms with Gasteiger partial charge in [0.15, 0.2) is 0 Å². The first-order valence-electron chi connectivity index (χ1n) is 6.86. The van der Waals surface area contributed by atoms with Crippen LogP contribution in [0.5, 0.6) is 0 Å². The molecular weight excluding hydrogens is 276 g/mol. The highest BCUT2D eigenvalue weighted by Crippen LogP contribution is 2.24. The highest BCUT2D eigenvalue weighted by molar-refractivity contribution is 7.89. The lowest BCUT2D eigenvalue weighted by Crippen LogP contribution is -2.51. The lowest BCUT2D eigenvalue weighted by molar-refractivity contribution is 0.159. The summed E-state index contributed by atoms with van der Waals surface area (Å²) in [5.41, 5.74) is 0. The van der Waals surface area contributed by atoms with Crippen molar-refractivity contribution >= 4 is 15.8 Å². The number of pyridine rings is 1. The van der Waals surface area contributed by atoms with Crippen LogP contribution in [-0.4, -0.2) is 61.9 Å². The molecule has 0 aliphatic carbocycles. The van der Waals surface area contributed by atoms with Gasteiger partial charge in [0, 0.05) is 38.4 Å². The van der Waals surface area contributed by atoms with E-state index in [0.29, 0.717) is 25.5 Å². The van der Waals surface area contributed by atoms with Gasteiger partial charge in [-0.15, -0.1) is 0 Å². The summed E-state index contributed by atoms with van der Waals surface area (Å²) >= 11 is 0. The van der Waals surface area contributed by atoms with Crippen molar-refractivity contribution in [2.75, 3.05) is 38.5 Å². The Balaban J connectivity index is 2.31. The van der Waals surface area contributed by atoms with E-state index in [9.17, 15) is 8.42 Å². The SMILES string of the molecule is CCNc1ncccc1S(=O)(=O)N1CCN(C)C(C)C1. The molecule has 20 heavy (non-hydrogen) atoms. The summed E-state index contributed by atoms with van der Waals surface area (Å²) in [6, 6.07) is 3.49. The fourth-order valence-electron chi connectivity index (χ4n) is 2.27. The van der Waals surface area contributed by atoms with Gasteiger partial charge in [-0.1, -0.05) is 0 Å². The predicted molar refractivity (Wildman–Crippen MR) is 79.3 cm³/mol. The van der Waals surface area contributed by atoms with Crippen LogP contribution in [0.4, 0.5) is 5.82 Å². The number of aromatic nitrogens is 1. The molecule has 6 nitrogen and oxygen atoms in total. The van der Waals surface area contributed by atoms with E-state index >= 15 is 0 Å². The first kappa shape index (κ1) is 15.2. The Morgan fingerprint density at radius 2 is 2.20 bits per heavy atom. The minimum absolute atomic E-state index is 0.220. The Morgan fingerprint density at radius 3 is 2.85 bits per heavy atom. The van der Waals surface area contributed by atoms with E-state index in [2.05, 4.69) is 15.2 Å². The molecule has 2 rings (SSSR count). The number of hydrogen-bond acceptors (Lipinski definition) is 5. The fourth-order valence-corrected chi connectivity index (χ4v) is 3.90. The van der Waals surface area contributed by atoms with Gasteiger partial charge in [0.2, 0.25) is 10.0 Å². The summed E-state index contributed by atoms with van der Waals surface area (Å²) in [4.78, 5) is 6.57. The molecule has 7 heteroatoms. The number of nitrogens with one attached hydrogen (secondary N) is 1. The molecule has 1 aromatic rings. The van der Waals surface area contributed by atoms with Crippen molar-refractivity contribution < 1.29 is 8.42 Å². The zero-order chi connectivity index (χ0) is 14.8. The fraction of sp³-hybridized carbons (Fsp3) is 0.615. The van der Waals surface area contributed by atoms with Crippen LogP contribution in [0.15, 0.2) is 23.2 Å². The van der Waals surface area contributed by atoms with Gasteiger partial charge in [-0.3, -0.25) is 0 Å². The van der Waals surface area contributed by atoms with Crippen molar-refractivity contribution in [2.45, 2.75) is 24.8 Å². The van der Waals surface area contributed by atoms with Crippen molar-refractivity contribution in [2.24, 2.45) is 0 Å². The molecule has 1 atom stereocenters. The third-order valence-corrected chi connectivity index (χ3v) is 5.55. The number of sulfonamides is 1. The Morgan fingerprint density at radius 1 is 1.45 bits per heavy atom. The molecular formula is C13H22N4O2S. The van der Waals surface area contributed by atoms with E-state index < -0.39 is 10.0 Å². The van der Waals surface area contributed by atoms with Gasteiger partial charge in [0.25, 0.3) is 0 Å². The van der Waals surface area contributed by atoms with Gasteiger partial charge >= 0.3 is 0 Å². The zero-order valence-electron chi connectivity index (χ0n) is 12.2. The first-order valence-corrected chi connectivity index (χ1v) is 8.30. The summed E-state index contributed by atoms with van der Waals surface area (Å²) in [5.74, 6) is 0.432. The number of nitrogens with zero attached hydrogens (tertiary/aromatic N) is 3. The third kappa shape index (κ3) is 2.94. The topological polar surface area (TPSA) is 65.5 Å². The summed E-state index contributed by atoms with van der Waals surface area (Å²) in [6.07, 6.45) is 1.60. The average molecular weight is 298 g/mol. The van der Waals surface area contributed by atoms with Gasteiger partial charge in [0.1, 0.15) is 10.7 Å². The highest BCUT2D eigenvalue weighted by Gasteiger charge is 2.32. The van der Waals surface area contributed by atoms with Gasteiger partial charge in [-0.05, 0) is 33.0 Å². The van der Waals surface area contributed by atoms with Crippen molar-refractivity contribution in [3.05, 3.63) is 18.3 Å². The smallest absolute Gasteiger partial charge is 0.246 e. The number of likely N-dealkylation sites (N-methyl/N-ethyl adjacent to an activating group) is 1. The minimum Gasteiger partial charge on any atom is -0.369 e. The molecule has 0 radical (unpaired) electrons. The van der Waals surface area contributed by atoms with Gasteiger partial charge in [-0.2, -0.15) is 4.31 Å². The highest BCUT2D eigenvalue weighted by atomic mass is 32.2. The van der Waals surface area contributed by atoms with Crippen molar-refractivity contribution in [3.63, 3.8) is 0 Å². The summed E-state index contributed by atoms with van der Waals surface area (Å²) in [5, 5.41) is 3.01. The van der Waals surface area contributed by atoms with E-state index in [4.69, 9.17) is 0 Å². The molecule has 1 N–H and O–H groups in total. The molecule has 1 fully saturated rings. The minimum atomic E-state index is -3.49. The molecule has 1 aliphatic heterocycles. The van der Waals surface area contributed by atoms with Crippen LogP contribution in [0.25, 0.3) is 0 Å². The van der Waals surface area contributed by atoms with E-state index in [1.165, 1.54) is 0 Å². The van der Waals surface area contributed by atoms with E-state index in [1.807, 2.05) is 20.9 Å². The quantitative estimate of drug-likeness (QED) is 0.892. The van der Waals surface area contributed by atoms with Crippen LogP contribution < -0.4 is 5.32 Å². The Kier molecular flexibility index (Phi) is 4.62. The monoisotopic (exact) mass is 298 g/mol. The standard InChI is InChI=1S/C13H22N4O2S/c1-4-14-13-12(6-5-7-15-13)20(18,19)17-9-8-16(3)11(2)10-17/h5-7,11H,4,8-10H2,1-3H3,(H,14,15). The second-order valence-corrected chi connectivity index (χ2v) is 6.98. The molecule has 0 bridgehead atoms. The normalized spacial score (nSPS) is 21.9. The van der Waals surface area contributed by atoms with Gasteiger partial charge in [0.05, 0.1) is 0 Å². The molecule has 2 heterocycles. The lowest BCUT2D eigenvalue weighted by atomic mass is 10.2. The van der Waals surface area contributed by atoms with E-state index in [0.717, 1.165) is 6.54 Å². The molecule has 1 aliphatic rings. The average Bonchev–Trinajstić information content (AvgIpc) is 2.42. The van der Waals surface area contributed by atoms with Crippen LogP contribution in [0, 0.1) is 0 Å². The number of hydrogen-bond donors (Lipinski definition) is 1. The molecule has 1 aromatic heterocycles. The summed E-state index contributed by atoms with van der Waals surface area (Å²) < 4.78 is 27.1. The second-order valence-electron chi connectivity index (χ2n) is 5.07. The van der Waals surface area contributed by atoms with Crippen LogP contribution >= 0.6 is 0 Å². The van der Waals surface area contributed by atoms with Gasteiger partial charge in [-0.25, -0.2) is 13.4 Å². The predicted octanol–water partition coefficient (Wildman–Crippen LogP) is 0.838. The maximum absolute atomic E-state index is 12.8. The van der Waals surface area contributed by atoms with Crippen LogP contribution in [0.2, 0.25) is 0 Å². The summed E-state index contributed by atoms with van der Waals surface area (Å²) in [7, 11) is -1.47. The molecule has 0 amide bonds. The van der Waals surface area contributed by atoms with Crippen molar-refractivity contribution in [3.8, 4) is 0 Å². The lowest BCUT2D eigenvalue weighted by Gasteiger charge is -2.36. The Hall–Kier alpha value is -1.18. The van der Waals surface area contributed by atoms with E-state index in [-0.39, 0.29) is 10.9 Å². The molecule has 0 aromatic carbocycles. The second kappa shape index (κ2) is 6.07. The zero-order valence-corrected chi connectivity index (χ0v) is 13.0. The molecule has 112 valence electrons. The maximum Gasteiger partial charge on any atom is 0.246 e. The molecule has 1 saturated heterocycles. The Labute approximate surface area is 120 Å². The van der Waals surface area contributed by atoms with Crippen molar-refractivity contribution in [1.82, 2.24) is 14.2 Å². The van der Waals surface area contributed by atoms with Crippen LogP contribution in [0.1, 0.15) is 13.8 Å². The van der Waals surface area contributed by atoms with Crippen LogP contribution in [-0.2, 0) is 10.0 Å². The number of anilines is 1. The number of rotatable bonds is 4. The molecule has 0 spiro atoms. The summed E-state index contributed by atoms with van der Waals surface area (Å²) in [6.45, 7) is 6.37. The molecule has 0 saturated carbocycles. The first-order chi connectivity index (χ1) is 9.46. The van der Waals surface area contributed by atoms with Gasteiger partial charge < -0.3 is 10.2 Å². The van der Waals surface area contributed by atoms with Crippen LogP contribution in [0.3, 0.4) is 0 Å². The number of piperazine rings is 1. The Bertz CT molecular complexity index is 561.